The van der Waals surface area contributed by atoms with E-state index in [-0.39, 0.29) is 7.92 Å². The quantitative estimate of drug-likeness (QED) is 0.417. The number of unbranched alkanes of at least 4 members (excludes halogenated alkanes) is 4. The first-order chi connectivity index (χ1) is 8.77. The van der Waals surface area contributed by atoms with Gasteiger partial charge in [-0.1, -0.05) is 71.7 Å². The van der Waals surface area contributed by atoms with Gasteiger partial charge >= 0.3 is 0 Å². The maximum Gasteiger partial charge on any atom is -0.0243 e. The molecule has 1 aromatic carbocycles. The van der Waals surface area contributed by atoms with E-state index in [0.717, 1.165) is 0 Å². The van der Waals surface area contributed by atoms with E-state index >= 15 is 0 Å². The highest BCUT2D eigenvalue weighted by atomic mass is 31.1. The normalized spacial score (nSPS) is 12.6. The minimum atomic E-state index is 0.0824. The highest BCUT2D eigenvalue weighted by Gasteiger charge is 2.04. The fourth-order valence-corrected chi connectivity index (χ4v) is 3.82. The van der Waals surface area contributed by atoms with Crippen molar-refractivity contribution in [3.63, 3.8) is 0 Å². The summed E-state index contributed by atoms with van der Waals surface area (Å²) in [6.07, 6.45) is 10.8. The summed E-state index contributed by atoms with van der Waals surface area (Å²) in [5.74, 6) is 0. The van der Waals surface area contributed by atoms with Crippen LogP contribution in [0.1, 0.15) is 57.9 Å². The molecule has 1 heteroatoms. The van der Waals surface area contributed by atoms with Crippen molar-refractivity contribution in [2.24, 2.45) is 0 Å². The van der Waals surface area contributed by atoms with Gasteiger partial charge in [0.2, 0.25) is 0 Å². The molecule has 102 valence electrons. The third-order valence-electron chi connectivity index (χ3n) is 3.54. The van der Waals surface area contributed by atoms with Gasteiger partial charge in [-0.25, -0.2) is 0 Å². The maximum atomic E-state index is 2.43. The Morgan fingerprint density at radius 3 is 2.11 bits per heavy atom. The van der Waals surface area contributed by atoms with Crippen molar-refractivity contribution >= 4 is 13.2 Å². The number of hydrogen-bond donors (Lipinski definition) is 0. The predicted molar refractivity (Wildman–Crippen MR) is 86.5 cm³/mol. The van der Waals surface area contributed by atoms with Gasteiger partial charge in [-0.3, -0.25) is 0 Å². The third kappa shape index (κ3) is 6.01. The molecule has 1 atom stereocenters. The molecule has 0 radical (unpaired) electrons. The standard InChI is InChI=1S/C17H29P/c1-4-6-8-9-15-18(3)17-13-11-16(12-14-17)10-7-5-2/h11-14H,4-10,15H2,1-3H3. The van der Waals surface area contributed by atoms with Gasteiger partial charge in [0.25, 0.3) is 0 Å². The third-order valence-corrected chi connectivity index (χ3v) is 5.71. The van der Waals surface area contributed by atoms with Gasteiger partial charge in [-0.05, 0) is 43.0 Å². The molecule has 0 heterocycles. The zero-order valence-electron chi connectivity index (χ0n) is 12.4. The first-order valence-corrected chi connectivity index (χ1v) is 9.55. The molecule has 0 spiro atoms. The SMILES string of the molecule is CCCCCCP(C)c1ccc(CCCC)cc1. The van der Waals surface area contributed by atoms with E-state index in [1.165, 1.54) is 56.7 Å². The molecule has 0 amide bonds. The molecule has 0 aliphatic rings. The lowest BCUT2D eigenvalue weighted by atomic mass is 10.1. The van der Waals surface area contributed by atoms with Crippen LogP contribution in [0.4, 0.5) is 0 Å². The summed E-state index contributed by atoms with van der Waals surface area (Å²) < 4.78 is 0. The maximum absolute atomic E-state index is 2.43. The molecule has 0 nitrogen and oxygen atoms in total. The van der Waals surface area contributed by atoms with Crippen LogP contribution in [0, 0.1) is 0 Å². The van der Waals surface area contributed by atoms with Crippen molar-refractivity contribution in [2.45, 2.75) is 58.8 Å². The van der Waals surface area contributed by atoms with Gasteiger partial charge in [0.15, 0.2) is 0 Å². The molecule has 0 N–H and O–H groups in total. The van der Waals surface area contributed by atoms with Gasteiger partial charge in [-0.2, -0.15) is 0 Å². The Morgan fingerprint density at radius 2 is 1.50 bits per heavy atom. The Morgan fingerprint density at radius 1 is 0.833 bits per heavy atom. The number of benzene rings is 1. The Hall–Kier alpha value is -0.350. The lowest BCUT2D eigenvalue weighted by Crippen LogP contribution is -2.03. The monoisotopic (exact) mass is 264 g/mol. The Balaban J connectivity index is 2.36. The van der Waals surface area contributed by atoms with Crippen LogP contribution in [0.3, 0.4) is 0 Å². The summed E-state index contributed by atoms with van der Waals surface area (Å²) in [7, 11) is 0.0824. The Labute approximate surface area is 115 Å². The van der Waals surface area contributed by atoms with Gasteiger partial charge in [0.05, 0.1) is 0 Å². The highest BCUT2D eigenvalue weighted by molar-refractivity contribution is 7.64. The molecule has 0 fully saturated rings. The number of aryl methyl sites for hydroxylation is 1. The molecule has 1 unspecified atom stereocenters. The van der Waals surface area contributed by atoms with E-state index in [4.69, 9.17) is 0 Å². The molecule has 0 saturated carbocycles. The van der Waals surface area contributed by atoms with E-state index in [1.807, 2.05) is 0 Å². The Kier molecular flexibility index (Phi) is 8.34. The van der Waals surface area contributed by atoms with Crippen molar-refractivity contribution in [2.75, 3.05) is 12.8 Å². The second kappa shape index (κ2) is 9.56. The molecule has 0 saturated heterocycles. The number of hydrogen-bond acceptors (Lipinski definition) is 0. The largest absolute Gasteiger partial charge is 0.0785 e. The first-order valence-electron chi connectivity index (χ1n) is 7.58. The molecule has 0 aliphatic heterocycles. The topological polar surface area (TPSA) is 0 Å². The molecular weight excluding hydrogens is 235 g/mol. The highest BCUT2D eigenvalue weighted by Crippen LogP contribution is 2.31. The molecule has 1 rings (SSSR count). The van der Waals surface area contributed by atoms with Crippen molar-refractivity contribution in [3.05, 3.63) is 29.8 Å². The average molecular weight is 264 g/mol. The fraction of sp³-hybridized carbons (Fsp3) is 0.647. The number of rotatable bonds is 9. The smallest absolute Gasteiger partial charge is 0.0243 e. The van der Waals surface area contributed by atoms with Crippen molar-refractivity contribution in [1.29, 1.82) is 0 Å². The summed E-state index contributed by atoms with van der Waals surface area (Å²) in [6, 6.07) is 9.43. The molecule has 0 aliphatic carbocycles. The van der Waals surface area contributed by atoms with Gasteiger partial charge < -0.3 is 0 Å². The molecule has 1 aromatic rings. The lowest BCUT2D eigenvalue weighted by Gasteiger charge is -2.13. The summed E-state index contributed by atoms with van der Waals surface area (Å²) in [5.41, 5.74) is 1.51. The fourth-order valence-electron chi connectivity index (χ4n) is 2.20. The van der Waals surface area contributed by atoms with E-state index in [2.05, 4.69) is 44.8 Å². The van der Waals surface area contributed by atoms with Crippen LogP contribution < -0.4 is 5.30 Å². The lowest BCUT2D eigenvalue weighted by molar-refractivity contribution is 0.705. The zero-order chi connectivity index (χ0) is 13.2. The van der Waals surface area contributed by atoms with Crippen LogP contribution in [0.15, 0.2) is 24.3 Å². The van der Waals surface area contributed by atoms with Gasteiger partial charge in [0.1, 0.15) is 0 Å². The molecule has 0 bridgehead atoms. The van der Waals surface area contributed by atoms with Crippen molar-refractivity contribution in [3.8, 4) is 0 Å². The van der Waals surface area contributed by atoms with Gasteiger partial charge in [-0.15, -0.1) is 0 Å². The van der Waals surface area contributed by atoms with Gasteiger partial charge in [0, 0.05) is 0 Å². The van der Waals surface area contributed by atoms with E-state index in [0.29, 0.717) is 0 Å². The van der Waals surface area contributed by atoms with Crippen LogP contribution in [-0.2, 0) is 6.42 Å². The average Bonchev–Trinajstić information content (AvgIpc) is 2.41. The van der Waals surface area contributed by atoms with Crippen LogP contribution >= 0.6 is 7.92 Å². The zero-order valence-corrected chi connectivity index (χ0v) is 13.3. The first kappa shape index (κ1) is 15.7. The summed E-state index contributed by atoms with van der Waals surface area (Å²) in [4.78, 5) is 0. The van der Waals surface area contributed by atoms with Crippen molar-refractivity contribution in [1.82, 2.24) is 0 Å². The van der Waals surface area contributed by atoms with Crippen LogP contribution in [0.25, 0.3) is 0 Å². The minimum Gasteiger partial charge on any atom is -0.0785 e. The summed E-state index contributed by atoms with van der Waals surface area (Å²) >= 11 is 0. The predicted octanol–water partition coefficient (Wildman–Crippen LogP) is 5.35. The molecule has 0 aromatic heterocycles. The molecular formula is C17H29P. The van der Waals surface area contributed by atoms with E-state index in [1.54, 1.807) is 5.30 Å². The summed E-state index contributed by atoms with van der Waals surface area (Å²) in [5, 5.41) is 1.58. The van der Waals surface area contributed by atoms with E-state index < -0.39 is 0 Å². The second-order valence-corrected chi connectivity index (χ2v) is 7.61. The van der Waals surface area contributed by atoms with Crippen LogP contribution in [-0.4, -0.2) is 12.8 Å². The van der Waals surface area contributed by atoms with E-state index in [9.17, 15) is 0 Å². The Bertz CT molecular complexity index is 302. The van der Waals surface area contributed by atoms with Crippen LogP contribution in [0.5, 0.6) is 0 Å². The summed E-state index contributed by atoms with van der Waals surface area (Å²) in [6.45, 7) is 6.97. The van der Waals surface area contributed by atoms with Crippen molar-refractivity contribution < 1.29 is 0 Å². The second-order valence-electron chi connectivity index (χ2n) is 5.25. The van der Waals surface area contributed by atoms with Crippen LogP contribution in [0.2, 0.25) is 0 Å². The minimum absolute atomic E-state index is 0.0824. The molecule has 18 heavy (non-hydrogen) atoms.